The van der Waals surface area contributed by atoms with Gasteiger partial charge in [0.1, 0.15) is 6.54 Å². The van der Waals surface area contributed by atoms with Gasteiger partial charge in [0.25, 0.3) is 11.1 Å². The van der Waals surface area contributed by atoms with Crippen LogP contribution >= 0.6 is 0 Å². The van der Waals surface area contributed by atoms with Crippen molar-refractivity contribution >= 4 is 16.7 Å². The fourth-order valence-corrected chi connectivity index (χ4v) is 1.49. The highest BCUT2D eigenvalue weighted by atomic mass is 16.4. The van der Waals surface area contributed by atoms with Crippen LogP contribution in [0, 0.1) is 0 Å². The fourth-order valence-electron chi connectivity index (χ4n) is 1.49. The molecule has 2 aromatic rings. The van der Waals surface area contributed by atoms with Crippen molar-refractivity contribution in [3.63, 3.8) is 0 Å². The molecule has 0 aliphatic carbocycles. The number of rotatable bonds is 2. The number of benzene rings is 1. The molecule has 0 saturated heterocycles. The molecule has 6 nitrogen and oxygen atoms in total. The zero-order valence-electron chi connectivity index (χ0n) is 8.14. The first-order chi connectivity index (χ1) is 7.59. The zero-order valence-corrected chi connectivity index (χ0v) is 8.14. The number of aromatic amines is 1. The van der Waals surface area contributed by atoms with Gasteiger partial charge in [-0.25, -0.2) is 4.68 Å². The van der Waals surface area contributed by atoms with Crippen LogP contribution in [0.15, 0.2) is 33.9 Å². The minimum Gasteiger partial charge on any atom is -0.480 e. The molecule has 0 saturated carbocycles. The molecule has 0 unspecified atom stereocenters. The van der Waals surface area contributed by atoms with E-state index in [0.29, 0.717) is 0 Å². The van der Waals surface area contributed by atoms with Gasteiger partial charge < -0.3 is 5.11 Å². The SMILES string of the molecule is O=C(O)Cn1[nH]c(=O)c2ccccc2c1=O. The van der Waals surface area contributed by atoms with E-state index in [0.717, 1.165) is 4.68 Å². The first-order valence-corrected chi connectivity index (χ1v) is 4.53. The summed E-state index contributed by atoms with van der Waals surface area (Å²) in [6, 6.07) is 6.26. The van der Waals surface area contributed by atoms with Crippen molar-refractivity contribution in [1.29, 1.82) is 0 Å². The molecular formula is C10H8N2O4. The second kappa shape index (κ2) is 3.65. The summed E-state index contributed by atoms with van der Waals surface area (Å²) in [6.45, 7) is -0.557. The van der Waals surface area contributed by atoms with Gasteiger partial charge in [0, 0.05) is 0 Å². The summed E-state index contributed by atoms with van der Waals surface area (Å²) in [7, 11) is 0. The van der Waals surface area contributed by atoms with Crippen LogP contribution in [-0.4, -0.2) is 20.9 Å². The zero-order chi connectivity index (χ0) is 11.7. The molecule has 82 valence electrons. The number of H-pyrrole nitrogens is 1. The quantitative estimate of drug-likeness (QED) is 0.731. The third-order valence-electron chi connectivity index (χ3n) is 2.18. The monoisotopic (exact) mass is 220 g/mol. The Kier molecular flexibility index (Phi) is 2.32. The minimum atomic E-state index is -1.19. The number of fused-ring (bicyclic) bond motifs is 1. The van der Waals surface area contributed by atoms with Crippen LogP contribution in [-0.2, 0) is 11.3 Å². The average molecular weight is 220 g/mol. The van der Waals surface area contributed by atoms with Gasteiger partial charge >= 0.3 is 5.97 Å². The van der Waals surface area contributed by atoms with Crippen molar-refractivity contribution in [3.05, 3.63) is 45.0 Å². The number of nitrogens with one attached hydrogen (secondary N) is 1. The number of carboxylic acids is 1. The summed E-state index contributed by atoms with van der Waals surface area (Å²) in [5, 5.41) is 11.3. The molecule has 0 aliphatic rings. The second-order valence-corrected chi connectivity index (χ2v) is 3.27. The van der Waals surface area contributed by atoms with Crippen LogP contribution < -0.4 is 11.1 Å². The molecule has 0 bridgehead atoms. The lowest BCUT2D eigenvalue weighted by molar-refractivity contribution is -0.138. The van der Waals surface area contributed by atoms with E-state index in [1.807, 2.05) is 0 Å². The Bertz CT molecular complexity index is 668. The van der Waals surface area contributed by atoms with Crippen LogP contribution in [0.25, 0.3) is 10.8 Å². The second-order valence-electron chi connectivity index (χ2n) is 3.27. The Morgan fingerprint density at radius 2 is 1.88 bits per heavy atom. The number of nitrogens with zero attached hydrogens (tertiary/aromatic N) is 1. The van der Waals surface area contributed by atoms with E-state index in [2.05, 4.69) is 5.10 Å². The van der Waals surface area contributed by atoms with Gasteiger partial charge in [-0.1, -0.05) is 12.1 Å². The Labute approximate surface area is 88.7 Å². The van der Waals surface area contributed by atoms with E-state index >= 15 is 0 Å². The Hall–Kier alpha value is -2.37. The van der Waals surface area contributed by atoms with Crippen molar-refractivity contribution in [3.8, 4) is 0 Å². The summed E-state index contributed by atoms with van der Waals surface area (Å²) >= 11 is 0. The molecule has 6 heteroatoms. The number of hydrogen-bond acceptors (Lipinski definition) is 3. The largest absolute Gasteiger partial charge is 0.480 e. The number of aromatic nitrogens is 2. The molecule has 0 fully saturated rings. The molecular weight excluding hydrogens is 212 g/mol. The molecule has 0 atom stereocenters. The highest BCUT2D eigenvalue weighted by Crippen LogP contribution is 2.01. The topological polar surface area (TPSA) is 92.2 Å². The third kappa shape index (κ3) is 1.60. The van der Waals surface area contributed by atoms with Crippen LogP contribution in [0.1, 0.15) is 0 Å². The van der Waals surface area contributed by atoms with E-state index < -0.39 is 23.6 Å². The Balaban J connectivity index is 2.81. The summed E-state index contributed by atoms with van der Waals surface area (Å²) in [4.78, 5) is 33.8. The first-order valence-electron chi connectivity index (χ1n) is 4.53. The molecule has 16 heavy (non-hydrogen) atoms. The van der Waals surface area contributed by atoms with E-state index in [9.17, 15) is 14.4 Å². The molecule has 0 amide bonds. The third-order valence-corrected chi connectivity index (χ3v) is 2.18. The number of hydrogen-bond donors (Lipinski definition) is 2. The molecule has 1 aromatic carbocycles. The number of carbonyl (C=O) groups is 1. The standard InChI is InChI=1S/C10H8N2O4/c13-8(14)5-12-10(16)7-4-2-1-3-6(7)9(15)11-12/h1-4H,5H2,(H,11,15)(H,13,14). The van der Waals surface area contributed by atoms with E-state index in [1.165, 1.54) is 12.1 Å². The molecule has 0 aliphatic heterocycles. The van der Waals surface area contributed by atoms with Crippen LogP contribution in [0.2, 0.25) is 0 Å². The highest BCUT2D eigenvalue weighted by Gasteiger charge is 2.08. The van der Waals surface area contributed by atoms with Gasteiger partial charge in [0.2, 0.25) is 0 Å². The molecule has 2 rings (SSSR count). The maximum absolute atomic E-state index is 11.7. The molecule has 2 N–H and O–H groups in total. The molecule has 0 spiro atoms. The van der Waals surface area contributed by atoms with Gasteiger partial charge in [0.05, 0.1) is 10.8 Å². The van der Waals surface area contributed by atoms with Gasteiger partial charge in [-0.15, -0.1) is 0 Å². The van der Waals surface area contributed by atoms with Gasteiger partial charge in [0.15, 0.2) is 0 Å². The summed E-state index contributed by atoms with van der Waals surface area (Å²) in [5.41, 5.74) is -0.992. The van der Waals surface area contributed by atoms with Gasteiger partial charge in [-0.05, 0) is 12.1 Å². The maximum Gasteiger partial charge on any atom is 0.325 e. The molecule has 0 radical (unpaired) electrons. The van der Waals surface area contributed by atoms with E-state index in [1.54, 1.807) is 12.1 Å². The number of aliphatic carboxylic acids is 1. The predicted molar refractivity (Wildman–Crippen MR) is 56.5 cm³/mol. The van der Waals surface area contributed by atoms with Crippen molar-refractivity contribution in [2.45, 2.75) is 6.54 Å². The van der Waals surface area contributed by atoms with Gasteiger partial charge in [-0.3, -0.25) is 19.5 Å². The van der Waals surface area contributed by atoms with Gasteiger partial charge in [-0.2, -0.15) is 0 Å². The lowest BCUT2D eigenvalue weighted by Crippen LogP contribution is -2.32. The highest BCUT2D eigenvalue weighted by molar-refractivity contribution is 5.80. The lowest BCUT2D eigenvalue weighted by atomic mass is 10.2. The summed E-state index contributed by atoms with van der Waals surface area (Å²) < 4.78 is 0.785. The first kappa shape index (κ1) is 10.2. The van der Waals surface area contributed by atoms with Crippen LogP contribution in [0.3, 0.4) is 0 Å². The van der Waals surface area contributed by atoms with E-state index in [4.69, 9.17) is 5.11 Å². The molecule has 1 aromatic heterocycles. The van der Waals surface area contributed by atoms with Crippen LogP contribution in [0.4, 0.5) is 0 Å². The minimum absolute atomic E-state index is 0.215. The summed E-state index contributed by atoms with van der Waals surface area (Å²) in [5.74, 6) is -1.19. The normalized spacial score (nSPS) is 10.5. The Morgan fingerprint density at radius 3 is 2.50 bits per heavy atom. The predicted octanol–water partition coefficient (Wildman–Crippen LogP) is -0.226. The average Bonchev–Trinajstić information content (AvgIpc) is 2.25. The summed E-state index contributed by atoms with van der Waals surface area (Å²) in [6.07, 6.45) is 0. The van der Waals surface area contributed by atoms with Crippen molar-refractivity contribution in [1.82, 2.24) is 9.78 Å². The van der Waals surface area contributed by atoms with Crippen LogP contribution in [0.5, 0.6) is 0 Å². The van der Waals surface area contributed by atoms with Crippen molar-refractivity contribution in [2.75, 3.05) is 0 Å². The fraction of sp³-hybridized carbons (Fsp3) is 0.100. The molecule has 1 heterocycles. The van der Waals surface area contributed by atoms with Crippen molar-refractivity contribution in [2.24, 2.45) is 0 Å². The van der Waals surface area contributed by atoms with E-state index in [-0.39, 0.29) is 10.8 Å². The Morgan fingerprint density at radius 1 is 1.25 bits per heavy atom. The lowest BCUT2D eigenvalue weighted by Gasteiger charge is -2.03. The number of carboxylic acid groups (broad SMARTS) is 1. The maximum atomic E-state index is 11.7. The smallest absolute Gasteiger partial charge is 0.325 e. The van der Waals surface area contributed by atoms with Crippen molar-refractivity contribution < 1.29 is 9.90 Å².